The summed E-state index contributed by atoms with van der Waals surface area (Å²) in [5.74, 6) is 1.79. The zero-order chi connectivity index (χ0) is 23.9. The van der Waals surface area contributed by atoms with Gasteiger partial charge in [0.05, 0.1) is 5.69 Å². The number of hydrogen-bond donors (Lipinski definition) is 1. The highest BCUT2D eigenvalue weighted by molar-refractivity contribution is 5.78. The molecule has 2 aliphatic heterocycles. The lowest BCUT2D eigenvalue weighted by Crippen LogP contribution is -2.47. The van der Waals surface area contributed by atoms with Crippen molar-refractivity contribution in [3.63, 3.8) is 0 Å². The van der Waals surface area contributed by atoms with Crippen LogP contribution in [0.5, 0.6) is 0 Å². The molecular formula is C25H36FN7O. The first-order valence-electron chi connectivity index (χ1n) is 12.3. The number of carbonyl (C=O) groups is 1. The molecule has 2 aromatic rings. The standard InChI is InChI=1S/C25H36FN7O/c1-30(2)23-8-9-24(29-28-23)33-14-10-20(11-15-33)25(34)27-12-5-13-31-16-18-32(19-17-31)22-7-4-3-6-21(22)26/h3-4,6-9,20H,5,10-19H2,1-2H3,(H,27,34). The molecule has 0 bridgehead atoms. The number of amides is 1. The summed E-state index contributed by atoms with van der Waals surface area (Å²) >= 11 is 0. The van der Waals surface area contributed by atoms with Crippen LogP contribution in [0.15, 0.2) is 36.4 Å². The lowest BCUT2D eigenvalue weighted by atomic mass is 9.96. The van der Waals surface area contributed by atoms with Gasteiger partial charge in [0.2, 0.25) is 5.91 Å². The Morgan fingerprint density at radius 1 is 1.00 bits per heavy atom. The fraction of sp³-hybridized carbons (Fsp3) is 0.560. The molecule has 0 radical (unpaired) electrons. The molecule has 2 fully saturated rings. The second-order valence-electron chi connectivity index (χ2n) is 9.33. The highest BCUT2D eigenvalue weighted by Crippen LogP contribution is 2.23. The number of piperidine rings is 1. The van der Waals surface area contributed by atoms with Crippen LogP contribution < -0.4 is 20.0 Å². The molecule has 2 aliphatic rings. The number of benzene rings is 1. The molecule has 0 saturated carbocycles. The van der Waals surface area contributed by atoms with Crippen LogP contribution >= 0.6 is 0 Å². The van der Waals surface area contributed by atoms with Crippen molar-refractivity contribution in [2.75, 3.05) is 81.2 Å². The van der Waals surface area contributed by atoms with Gasteiger partial charge in [0.1, 0.15) is 5.82 Å². The predicted octanol–water partition coefficient (Wildman–Crippen LogP) is 2.23. The Hall–Kier alpha value is -2.94. The Kier molecular flexibility index (Phi) is 8.16. The maximum absolute atomic E-state index is 14.0. The summed E-state index contributed by atoms with van der Waals surface area (Å²) < 4.78 is 14.0. The molecule has 1 N–H and O–H groups in total. The lowest BCUT2D eigenvalue weighted by molar-refractivity contribution is -0.125. The van der Waals surface area contributed by atoms with Gasteiger partial charge in [-0.15, -0.1) is 10.2 Å². The van der Waals surface area contributed by atoms with Crippen molar-refractivity contribution in [1.29, 1.82) is 0 Å². The normalized spacial score (nSPS) is 17.6. The average molecular weight is 470 g/mol. The van der Waals surface area contributed by atoms with Crippen LogP contribution in [0.3, 0.4) is 0 Å². The van der Waals surface area contributed by atoms with Gasteiger partial charge in [-0.25, -0.2) is 4.39 Å². The number of anilines is 3. The van der Waals surface area contributed by atoms with Gasteiger partial charge < -0.3 is 20.0 Å². The van der Waals surface area contributed by atoms with Crippen LogP contribution in [-0.4, -0.2) is 87.5 Å². The van der Waals surface area contributed by atoms with E-state index in [4.69, 9.17) is 0 Å². The zero-order valence-corrected chi connectivity index (χ0v) is 20.3. The van der Waals surface area contributed by atoms with Gasteiger partial charge in [-0.1, -0.05) is 12.1 Å². The van der Waals surface area contributed by atoms with Crippen molar-refractivity contribution in [2.45, 2.75) is 19.3 Å². The number of piperazine rings is 1. The van der Waals surface area contributed by atoms with Gasteiger partial charge in [-0.3, -0.25) is 9.69 Å². The van der Waals surface area contributed by atoms with Crippen molar-refractivity contribution in [3.8, 4) is 0 Å². The summed E-state index contributed by atoms with van der Waals surface area (Å²) in [5.41, 5.74) is 0.693. The van der Waals surface area contributed by atoms with Crippen LogP contribution in [-0.2, 0) is 4.79 Å². The van der Waals surface area contributed by atoms with Crippen LogP contribution in [0.4, 0.5) is 21.7 Å². The quantitative estimate of drug-likeness (QED) is 0.595. The maximum Gasteiger partial charge on any atom is 0.223 e. The molecule has 34 heavy (non-hydrogen) atoms. The average Bonchev–Trinajstić information content (AvgIpc) is 2.87. The van der Waals surface area contributed by atoms with Gasteiger partial charge in [0.15, 0.2) is 11.6 Å². The van der Waals surface area contributed by atoms with Crippen LogP contribution in [0.25, 0.3) is 0 Å². The summed E-state index contributed by atoms with van der Waals surface area (Å²) in [6.45, 7) is 6.77. The van der Waals surface area contributed by atoms with E-state index in [1.54, 1.807) is 6.07 Å². The van der Waals surface area contributed by atoms with Gasteiger partial charge in [0.25, 0.3) is 0 Å². The first-order chi connectivity index (χ1) is 16.5. The fourth-order valence-corrected chi connectivity index (χ4v) is 4.68. The molecule has 2 saturated heterocycles. The summed E-state index contributed by atoms with van der Waals surface area (Å²) in [6.07, 6.45) is 2.60. The number of halogens is 1. The Morgan fingerprint density at radius 2 is 1.74 bits per heavy atom. The number of aromatic nitrogens is 2. The number of para-hydroxylation sites is 1. The van der Waals surface area contributed by atoms with E-state index in [2.05, 4.69) is 30.2 Å². The first-order valence-corrected chi connectivity index (χ1v) is 12.3. The number of hydrogen-bond acceptors (Lipinski definition) is 7. The van der Waals surface area contributed by atoms with Gasteiger partial charge in [-0.05, 0) is 50.1 Å². The summed E-state index contributed by atoms with van der Waals surface area (Å²) in [4.78, 5) is 21.3. The predicted molar refractivity (Wildman–Crippen MR) is 134 cm³/mol. The number of nitrogens with one attached hydrogen (secondary N) is 1. The third-order valence-electron chi connectivity index (χ3n) is 6.80. The van der Waals surface area contributed by atoms with Crippen molar-refractivity contribution in [3.05, 3.63) is 42.2 Å². The molecular weight excluding hydrogens is 433 g/mol. The second kappa shape index (κ2) is 11.5. The summed E-state index contributed by atoms with van der Waals surface area (Å²) in [5, 5.41) is 11.7. The molecule has 4 rings (SSSR count). The lowest BCUT2D eigenvalue weighted by Gasteiger charge is -2.36. The van der Waals surface area contributed by atoms with E-state index in [1.165, 1.54) is 6.07 Å². The van der Waals surface area contributed by atoms with E-state index in [-0.39, 0.29) is 17.6 Å². The number of rotatable bonds is 8. The van der Waals surface area contributed by atoms with Crippen LogP contribution in [0.2, 0.25) is 0 Å². The molecule has 0 atom stereocenters. The van der Waals surface area contributed by atoms with Gasteiger partial charge in [0, 0.05) is 65.8 Å². The van der Waals surface area contributed by atoms with E-state index in [1.807, 2.05) is 43.3 Å². The highest BCUT2D eigenvalue weighted by atomic mass is 19.1. The number of carbonyl (C=O) groups excluding carboxylic acids is 1. The topological polar surface area (TPSA) is 67.8 Å². The Balaban J connectivity index is 1.11. The molecule has 0 unspecified atom stereocenters. The molecule has 3 heterocycles. The van der Waals surface area contributed by atoms with Gasteiger partial charge >= 0.3 is 0 Å². The minimum atomic E-state index is -0.153. The third kappa shape index (κ3) is 6.14. The van der Waals surface area contributed by atoms with Crippen molar-refractivity contribution in [1.82, 2.24) is 20.4 Å². The SMILES string of the molecule is CN(C)c1ccc(N2CCC(C(=O)NCCCN3CCN(c4ccccc4F)CC3)CC2)nn1. The van der Waals surface area contributed by atoms with E-state index >= 15 is 0 Å². The number of nitrogens with zero attached hydrogens (tertiary/aromatic N) is 6. The van der Waals surface area contributed by atoms with Gasteiger partial charge in [-0.2, -0.15) is 0 Å². The third-order valence-corrected chi connectivity index (χ3v) is 6.80. The molecule has 184 valence electrons. The van der Waals surface area contributed by atoms with Crippen LogP contribution in [0.1, 0.15) is 19.3 Å². The molecule has 8 nitrogen and oxygen atoms in total. The van der Waals surface area contributed by atoms with Crippen molar-refractivity contribution >= 4 is 23.2 Å². The minimum absolute atomic E-state index is 0.0644. The highest BCUT2D eigenvalue weighted by Gasteiger charge is 2.26. The van der Waals surface area contributed by atoms with E-state index in [0.717, 1.165) is 76.7 Å². The Bertz CT molecular complexity index is 923. The van der Waals surface area contributed by atoms with Crippen LogP contribution in [0, 0.1) is 11.7 Å². The van der Waals surface area contributed by atoms with E-state index < -0.39 is 0 Å². The monoisotopic (exact) mass is 469 g/mol. The summed E-state index contributed by atoms with van der Waals surface area (Å²) in [6, 6.07) is 10.9. The molecule has 1 aromatic heterocycles. The van der Waals surface area contributed by atoms with E-state index in [9.17, 15) is 9.18 Å². The second-order valence-corrected chi connectivity index (χ2v) is 9.33. The van der Waals surface area contributed by atoms with E-state index in [0.29, 0.717) is 12.2 Å². The molecule has 0 spiro atoms. The first kappa shape index (κ1) is 24.2. The zero-order valence-electron chi connectivity index (χ0n) is 20.3. The molecule has 0 aliphatic carbocycles. The summed E-state index contributed by atoms with van der Waals surface area (Å²) in [7, 11) is 3.89. The molecule has 1 aromatic carbocycles. The minimum Gasteiger partial charge on any atom is -0.367 e. The molecule has 1 amide bonds. The Labute approximate surface area is 201 Å². The van der Waals surface area contributed by atoms with Crippen molar-refractivity contribution in [2.24, 2.45) is 5.92 Å². The maximum atomic E-state index is 14.0. The van der Waals surface area contributed by atoms with Crippen molar-refractivity contribution < 1.29 is 9.18 Å². The Morgan fingerprint density at radius 3 is 2.38 bits per heavy atom. The smallest absolute Gasteiger partial charge is 0.223 e. The largest absolute Gasteiger partial charge is 0.367 e. The molecule has 9 heteroatoms. The fourth-order valence-electron chi connectivity index (χ4n) is 4.68.